The molecule has 4 aromatic rings. The largest absolute Gasteiger partial charge is 0.494 e. The number of nitrogen functional groups attached to an aromatic ring is 1. The second-order valence-electron chi connectivity index (χ2n) is 10.5. The summed E-state index contributed by atoms with van der Waals surface area (Å²) in [6.07, 6.45) is 13.4. The van der Waals surface area contributed by atoms with Crippen molar-refractivity contribution in [2.75, 3.05) is 32.1 Å². The molecule has 9 heteroatoms. The number of azide groups is 1. The first kappa shape index (κ1) is 30.2. The van der Waals surface area contributed by atoms with Crippen LogP contribution in [0.1, 0.15) is 76.3 Å². The Morgan fingerprint density at radius 1 is 0.951 bits per heavy atom. The van der Waals surface area contributed by atoms with Gasteiger partial charge in [-0.25, -0.2) is 9.97 Å². The average Bonchev–Trinajstić information content (AvgIpc) is 3.45. The quantitative estimate of drug-likeness (QED) is 0.0538. The smallest absolute Gasteiger partial charge is 0.152 e. The molecular weight excluding hydrogens is 514 g/mol. The molecule has 0 aliphatic rings. The summed E-state index contributed by atoms with van der Waals surface area (Å²) in [6.45, 7) is 4.62. The van der Waals surface area contributed by atoms with Crippen LogP contribution in [0.2, 0.25) is 0 Å². The second kappa shape index (κ2) is 16.5. The molecule has 0 saturated heterocycles. The fourth-order valence-electron chi connectivity index (χ4n) is 5.29. The molecule has 2 N–H and O–H groups in total. The van der Waals surface area contributed by atoms with Crippen molar-refractivity contribution < 1.29 is 9.47 Å². The van der Waals surface area contributed by atoms with E-state index in [0.717, 1.165) is 60.0 Å². The number of anilines is 1. The van der Waals surface area contributed by atoms with Gasteiger partial charge in [-0.1, -0.05) is 80.4 Å². The van der Waals surface area contributed by atoms with Gasteiger partial charge in [0.25, 0.3) is 0 Å². The third-order valence-corrected chi connectivity index (χ3v) is 7.47. The predicted molar refractivity (Wildman–Crippen MR) is 166 cm³/mol. The lowest BCUT2D eigenvalue weighted by molar-refractivity contribution is 0.114. The third kappa shape index (κ3) is 8.84. The summed E-state index contributed by atoms with van der Waals surface area (Å²) in [4.78, 5) is 12.0. The van der Waals surface area contributed by atoms with Gasteiger partial charge in [-0.05, 0) is 55.5 Å². The topological polar surface area (TPSA) is 124 Å². The van der Waals surface area contributed by atoms with Crippen LogP contribution in [0.3, 0.4) is 0 Å². The van der Waals surface area contributed by atoms with Gasteiger partial charge in [0.1, 0.15) is 11.3 Å². The molecular formula is C32H43N7O2. The van der Waals surface area contributed by atoms with Crippen LogP contribution in [0.25, 0.3) is 32.4 Å². The van der Waals surface area contributed by atoms with Crippen LogP contribution < -0.4 is 10.5 Å². The van der Waals surface area contributed by atoms with E-state index >= 15 is 0 Å². The summed E-state index contributed by atoms with van der Waals surface area (Å²) in [7, 11) is 0. The van der Waals surface area contributed by atoms with Gasteiger partial charge in [0, 0.05) is 23.4 Å². The Bertz CT molecular complexity index is 1400. The molecule has 0 saturated carbocycles. The zero-order valence-corrected chi connectivity index (χ0v) is 24.3. The Kier molecular flexibility index (Phi) is 12.1. The van der Waals surface area contributed by atoms with E-state index < -0.39 is 0 Å². The van der Waals surface area contributed by atoms with Gasteiger partial charge in [-0.3, -0.25) is 0 Å². The zero-order valence-electron chi connectivity index (χ0n) is 24.3. The van der Waals surface area contributed by atoms with Crippen molar-refractivity contribution in [3.8, 4) is 5.75 Å². The molecule has 2 heterocycles. The number of unbranched alkanes of at least 4 members (excludes halogenated alkanes) is 8. The summed E-state index contributed by atoms with van der Waals surface area (Å²) >= 11 is 0. The van der Waals surface area contributed by atoms with Crippen molar-refractivity contribution in [3.63, 3.8) is 0 Å². The first-order valence-electron chi connectivity index (χ1n) is 15.0. The molecule has 0 spiro atoms. The molecule has 0 amide bonds. The first-order chi connectivity index (χ1) is 20.2. The fraction of sp³-hybridized carbons (Fsp3) is 0.500. The Morgan fingerprint density at radius 2 is 1.66 bits per heavy atom. The molecule has 1 atom stereocenters. The second-order valence-corrected chi connectivity index (χ2v) is 10.5. The Labute approximate surface area is 242 Å². The maximum absolute atomic E-state index is 8.28. The highest BCUT2D eigenvalue weighted by Gasteiger charge is 2.19. The van der Waals surface area contributed by atoms with Crippen LogP contribution in [0.15, 0.2) is 60.0 Å². The summed E-state index contributed by atoms with van der Waals surface area (Å²) in [5.41, 5.74) is 18.4. The van der Waals surface area contributed by atoms with E-state index in [1.807, 2.05) is 31.5 Å². The van der Waals surface area contributed by atoms with E-state index in [0.29, 0.717) is 25.6 Å². The van der Waals surface area contributed by atoms with Gasteiger partial charge < -0.3 is 19.8 Å². The lowest BCUT2D eigenvalue weighted by Gasteiger charge is -2.20. The molecule has 41 heavy (non-hydrogen) atoms. The number of imidazole rings is 1. The first-order valence-corrected chi connectivity index (χ1v) is 15.0. The number of benzene rings is 2. The molecule has 218 valence electrons. The van der Waals surface area contributed by atoms with Crippen LogP contribution in [0.4, 0.5) is 5.82 Å². The molecule has 0 aliphatic heterocycles. The predicted octanol–water partition coefficient (Wildman–Crippen LogP) is 8.19. The van der Waals surface area contributed by atoms with Gasteiger partial charge in [0.2, 0.25) is 0 Å². The number of nitrogens with zero attached hydrogens (tertiary/aromatic N) is 6. The monoisotopic (exact) mass is 557 g/mol. The van der Waals surface area contributed by atoms with E-state index in [4.69, 9.17) is 20.7 Å². The number of pyridine rings is 1. The average molecular weight is 558 g/mol. The maximum atomic E-state index is 8.28. The number of rotatable bonds is 19. The summed E-state index contributed by atoms with van der Waals surface area (Å²) in [5.74, 6) is 1.36. The standard InChI is InChI=1S/C32H43N7O2/c1-2-40-23-26(39-24-35-30-31(39)28-14-10-11-15-29(28)37-32(30)33)22-25-16-18-27(19-17-25)41-21-13-9-7-5-3-4-6-8-12-20-36-38-34/h10-11,14-19,24,26H,2-9,12-13,20-23H2,1H3,(H2,33,37). The molecule has 0 radical (unpaired) electrons. The SMILES string of the molecule is CCOCC(Cc1ccc(OCCCCCCCCCCCN=[N+]=[N-])cc1)n1cnc2c(N)nc3ccccc3c21. The van der Waals surface area contributed by atoms with Crippen LogP contribution in [-0.2, 0) is 11.2 Å². The Morgan fingerprint density at radius 3 is 2.39 bits per heavy atom. The van der Waals surface area contributed by atoms with Crippen molar-refractivity contribution in [3.05, 3.63) is 70.9 Å². The van der Waals surface area contributed by atoms with Gasteiger partial charge >= 0.3 is 0 Å². The zero-order chi connectivity index (χ0) is 28.7. The summed E-state index contributed by atoms with van der Waals surface area (Å²) < 4.78 is 14.1. The number of fused-ring (bicyclic) bond motifs is 3. The molecule has 0 fully saturated rings. The van der Waals surface area contributed by atoms with Crippen LogP contribution in [-0.4, -0.2) is 40.9 Å². The molecule has 4 rings (SSSR count). The number of ether oxygens (including phenoxy) is 2. The minimum Gasteiger partial charge on any atom is -0.494 e. The van der Waals surface area contributed by atoms with Gasteiger partial charge in [-0.2, -0.15) is 0 Å². The molecule has 0 bridgehead atoms. The normalized spacial score (nSPS) is 12.0. The number of para-hydroxylation sites is 1. The van der Waals surface area contributed by atoms with Crippen LogP contribution in [0, 0.1) is 0 Å². The molecule has 9 nitrogen and oxygen atoms in total. The highest BCUT2D eigenvalue weighted by molar-refractivity contribution is 6.06. The van der Waals surface area contributed by atoms with E-state index in [1.165, 1.54) is 44.1 Å². The van der Waals surface area contributed by atoms with Gasteiger partial charge in [-0.15, -0.1) is 0 Å². The number of aromatic nitrogens is 3. The fourth-order valence-corrected chi connectivity index (χ4v) is 5.29. The molecule has 1 unspecified atom stereocenters. The molecule has 2 aromatic carbocycles. The van der Waals surface area contributed by atoms with Gasteiger partial charge in [0.15, 0.2) is 5.82 Å². The van der Waals surface area contributed by atoms with E-state index in [9.17, 15) is 0 Å². The van der Waals surface area contributed by atoms with E-state index in [2.05, 4.69) is 54.9 Å². The Balaban J connectivity index is 1.25. The van der Waals surface area contributed by atoms with Gasteiger partial charge in [0.05, 0.1) is 36.6 Å². The number of hydrogen-bond acceptors (Lipinski definition) is 6. The van der Waals surface area contributed by atoms with Crippen LogP contribution >= 0.6 is 0 Å². The maximum Gasteiger partial charge on any atom is 0.152 e. The molecule has 2 aromatic heterocycles. The summed E-state index contributed by atoms with van der Waals surface area (Å²) in [6, 6.07) is 16.6. The lowest BCUT2D eigenvalue weighted by Crippen LogP contribution is -2.18. The van der Waals surface area contributed by atoms with E-state index in [1.54, 1.807) is 0 Å². The van der Waals surface area contributed by atoms with Crippen molar-refractivity contribution in [2.24, 2.45) is 5.11 Å². The highest BCUT2D eigenvalue weighted by atomic mass is 16.5. The third-order valence-electron chi connectivity index (χ3n) is 7.47. The van der Waals surface area contributed by atoms with Crippen LogP contribution in [0.5, 0.6) is 5.75 Å². The van der Waals surface area contributed by atoms with Crippen molar-refractivity contribution >= 4 is 27.8 Å². The van der Waals surface area contributed by atoms with Crippen molar-refractivity contribution in [1.82, 2.24) is 14.5 Å². The number of nitrogens with two attached hydrogens (primary N) is 1. The Hall–Kier alpha value is -3.81. The van der Waals surface area contributed by atoms with Crippen molar-refractivity contribution in [2.45, 2.75) is 77.2 Å². The van der Waals surface area contributed by atoms with Crippen molar-refractivity contribution in [1.29, 1.82) is 0 Å². The minimum absolute atomic E-state index is 0.0645. The summed E-state index contributed by atoms with van der Waals surface area (Å²) in [5, 5.41) is 4.62. The van der Waals surface area contributed by atoms with E-state index in [-0.39, 0.29) is 6.04 Å². The number of hydrogen-bond donors (Lipinski definition) is 1. The molecule has 0 aliphatic carbocycles. The highest BCUT2D eigenvalue weighted by Crippen LogP contribution is 2.30. The minimum atomic E-state index is 0.0645. The lowest BCUT2D eigenvalue weighted by atomic mass is 10.1.